The molecule has 4 nitrogen and oxygen atoms in total. The molecule has 0 bridgehead atoms. The Kier molecular flexibility index (Phi) is 4.73. The van der Waals surface area contributed by atoms with E-state index in [4.69, 9.17) is 4.74 Å². The van der Waals surface area contributed by atoms with E-state index >= 15 is 0 Å². The number of ether oxygens (including phenoxy) is 1. The monoisotopic (exact) mass is 376 g/mol. The van der Waals surface area contributed by atoms with E-state index in [1.807, 2.05) is 6.92 Å². The van der Waals surface area contributed by atoms with Crippen molar-refractivity contribution in [1.29, 1.82) is 0 Å². The van der Waals surface area contributed by atoms with Crippen LogP contribution in [0.3, 0.4) is 0 Å². The normalized spacial score (nSPS) is 50.3. The second-order valence-electron chi connectivity index (χ2n) is 10.6. The summed E-state index contributed by atoms with van der Waals surface area (Å²) in [6, 6.07) is 0. The number of rotatable bonds is 2. The van der Waals surface area contributed by atoms with Crippen LogP contribution in [0.4, 0.5) is 0 Å². The largest absolute Gasteiger partial charge is 0.463 e. The summed E-state index contributed by atoms with van der Waals surface area (Å²) in [6.07, 6.45) is 7.65. The molecule has 0 radical (unpaired) electrons. The summed E-state index contributed by atoms with van der Waals surface area (Å²) in [5.41, 5.74) is 0.0332. The van der Waals surface area contributed by atoms with Crippen LogP contribution in [0.25, 0.3) is 0 Å². The fraction of sp³-hybridized carbons (Fsp3) is 0.913. The van der Waals surface area contributed by atoms with Gasteiger partial charge in [0.1, 0.15) is 11.9 Å². The summed E-state index contributed by atoms with van der Waals surface area (Å²) < 4.78 is 5.52. The van der Waals surface area contributed by atoms with Crippen molar-refractivity contribution in [3.8, 4) is 0 Å². The Labute approximate surface area is 163 Å². The van der Waals surface area contributed by atoms with Crippen LogP contribution >= 0.6 is 0 Å². The molecule has 4 heteroatoms. The third kappa shape index (κ3) is 2.89. The summed E-state index contributed by atoms with van der Waals surface area (Å²) in [4.78, 5) is 24.9. The van der Waals surface area contributed by atoms with Gasteiger partial charge in [-0.3, -0.25) is 9.59 Å². The maximum absolute atomic E-state index is 13.5. The molecule has 0 aromatic rings. The van der Waals surface area contributed by atoms with Gasteiger partial charge in [0.15, 0.2) is 0 Å². The van der Waals surface area contributed by atoms with Gasteiger partial charge in [0.05, 0.1) is 6.10 Å². The van der Waals surface area contributed by atoms with Crippen LogP contribution in [0.5, 0.6) is 0 Å². The van der Waals surface area contributed by atoms with E-state index in [0.717, 1.165) is 44.9 Å². The predicted octanol–water partition coefficient (Wildman–Crippen LogP) is 4.14. The molecule has 27 heavy (non-hydrogen) atoms. The van der Waals surface area contributed by atoms with Crippen LogP contribution in [-0.2, 0) is 14.3 Å². The van der Waals surface area contributed by atoms with Gasteiger partial charge in [-0.2, -0.15) is 0 Å². The van der Waals surface area contributed by atoms with E-state index in [1.54, 1.807) is 0 Å². The zero-order chi connectivity index (χ0) is 19.6. The lowest BCUT2D eigenvalue weighted by atomic mass is 9.44. The molecule has 4 aliphatic carbocycles. The van der Waals surface area contributed by atoms with Crippen LogP contribution in [0, 0.1) is 40.4 Å². The summed E-state index contributed by atoms with van der Waals surface area (Å²) >= 11 is 0. The molecule has 0 aromatic heterocycles. The average molecular weight is 377 g/mol. The molecular formula is C23H36O4. The minimum absolute atomic E-state index is 0.0233. The topological polar surface area (TPSA) is 63.6 Å². The first-order valence-electron chi connectivity index (χ1n) is 11.0. The number of Topliss-reactive ketones (excluding diaryl/α,β-unsaturated/α-hetero) is 1. The minimum atomic E-state index is -0.324. The van der Waals surface area contributed by atoms with E-state index in [2.05, 4.69) is 13.8 Å². The van der Waals surface area contributed by atoms with E-state index in [9.17, 15) is 14.7 Å². The van der Waals surface area contributed by atoms with Crippen molar-refractivity contribution in [2.75, 3.05) is 0 Å². The number of esters is 1. The molecule has 9 atom stereocenters. The Bertz CT molecular complexity index is 628. The fourth-order valence-corrected chi connectivity index (χ4v) is 8.21. The summed E-state index contributed by atoms with van der Waals surface area (Å²) in [6.45, 7) is 8.03. The van der Waals surface area contributed by atoms with Crippen molar-refractivity contribution in [2.24, 2.45) is 40.4 Å². The van der Waals surface area contributed by atoms with E-state index in [1.165, 1.54) is 6.92 Å². The molecule has 4 aliphatic rings. The summed E-state index contributed by atoms with van der Waals surface area (Å²) in [7, 11) is 0. The van der Waals surface area contributed by atoms with Crippen LogP contribution in [-0.4, -0.2) is 29.1 Å². The number of ketones is 1. The van der Waals surface area contributed by atoms with E-state index in [-0.39, 0.29) is 40.8 Å². The van der Waals surface area contributed by atoms with Crippen molar-refractivity contribution in [3.05, 3.63) is 0 Å². The Morgan fingerprint density at radius 3 is 2.56 bits per heavy atom. The van der Waals surface area contributed by atoms with Crippen LogP contribution < -0.4 is 0 Å². The van der Waals surface area contributed by atoms with Gasteiger partial charge in [0, 0.05) is 19.3 Å². The molecule has 0 aliphatic heterocycles. The summed E-state index contributed by atoms with van der Waals surface area (Å²) in [5.74, 6) is 2.23. The first kappa shape index (κ1) is 19.4. The molecular weight excluding hydrogens is 340 g/mol. The summed E-state index contributed by atoms with van der Waals surface area (Å²) in [5, 5.41) is 10.3. The Balaban J connectivity index is 1.59. The van der Waals surface area contributed by atoms with Crippen LogP contribution in [0.2, 0.25) is 0 Å². The smallest absolute Gasteiger partial charge is 0.302 e. The third-order valence-electron chi connectivity index (χ3n) is 9.29. The molecule has 0 aromatic carbocycles. The maximum Gasteiger partial charge on any atom is 0.302 e. The van der Waals surface area contributed by atoms with Gasteiger partial charge in [-0.25, -0.2) is 0 Å². The Morgan fingerprint density at radius 1 is 1.15 bits per heavy atom. The standard InChI is InChI=1S/C23H36O4/c1-13(24)18-7-8-19-17-6-5-15-11-16(27-14(2)25)9-10-22(15,3)21(17)20(26)12-23(18,19)4/h13,15-19,21,24H,5-12H2,1-4H3/t13?,15-,16+,17-,18+,19-,21+,22-,23+/m0/s1. The molecule has 4 rings (SSSR count). The second kappa shape index (κ2) is 6.57. The molecule has 0 amide bonds. The van der Waals surface area contributed by atoms with Crippen LogP contribution in [0.15, 0.2) is 0 Å². The highest BCUT2D eigenvalue weighted by molar-refractivity contribution is 5.84. The minimum Gasteiger partial charge on any atom is -0.463 e. The zero-order valence-electron chi connectivity index (χ0n) is 17.4. The van der Waals surface area contributed by atoms with Gasteiger partial charge in [0.25, 0.3) is 0 Å². The zero-order valence-corrected chi connectivity index (χ0v) is 17.4. The lowest BCUT2D eigenvalue weighted by Gasteiger charge is -2.60. The number of hydrogen-bond donors (Lipinski definition) is 1. The highest BCUT2D eigenvalue weighted by atomic mass is 16.5. The van der Waals surface area contributed by atoms with E-state index < -0.39 is 0 Å². The lowest BCUT2D eigenvalue weighted by Crippen LogP contribution is -2.58. The number of hydrogen-bond acceptors (Lipinski definition) is 4. The maximum atomic E-state index is 13.5. The molecule has 0 saturated heterocycles. The molecule has 152 valence electrons. The van der Waals surface area contributed by atoms with Gasteiger partial charge in [-0.05, 0) is 86.4 Å². The quantitative estimate of drug-likeness (QED) is 0.736. The number of aliphatic hydroxyl groups is 1. The molecule has 1 N–H and O–H groups in total. The van der Waals surface area contributed by atoms with E-state index in [0.29, 0.717) is 30.0 Å². The highest BCUT2D eigenvalue weighted by Gasteiger charge is 2.63. The van der Waals surface area contributed by atoms with Gasteiger partial charge in [-0.15, -0.1) is 0 Å². The van der Waals surface area contributed by atoms with Crippen molar-refractivity contribution in [1.82, 2.24) is 0 Å². The number of carbonyl (C=O) groups is 2. The molecule has 0 spiro atoms. The third-order valence-corrected chi connectivity index (χ3v) is 9.29. The van der Waals surface area contributed by atoms with Crippen molar-refractivity contribution in [3.63, 3.8) is 0 Å². The molecule has 0 heterocycles. The first-order valence-corrected chi connectivity index (χ1v) is 11.0. The second-order valence-corrected chi connectivity index (χ2v) is 10.6. The van der Waals surface area contributed by atoms with Crippen molar-refractivity contribution < 1.29 is 19.4 Å². The lowest BCUT2D eigenvalue weighted by molar-refractivity contribution is -0.170. The van der Waals surface area contributed by atoms with Gasteiger partial charge in [0.2, 0.25) is 0 Å². The SMILES string of the molecule is CC(=O)O[C@@H]1CC[C@@]2(C)[C@@H](CC[C@H]3[C@@H]4CC[C@H](C(C)O)[C@@]4(C)CC(=O)[C@@H]32)C1. The fourth-order valence-electron chi connectivity index (χ4n) is 8.21. The Morgan fingerprint density at radius 2 is 1.89 bits per heavy atom. The van der Waals surface area contributed by atoms with Gasteiger partial charge in [-0.1, -0.05) is 13.8 Å². The van der Waals surface area contributed by atoms with Gasteiger partial charge >= 0.3 is 5.97 Å². The first-order chi connectivity index (χ1) is 12.7. The number of carbonyl (C=O) groups excluding carboxylic acids is 2. The Hall–Kier alpha value is -0.900. The van der Waals surface area contributed by atoms with Crippen LogP contribution in [0.1, 0.15) is 79.1 Å². The number of aliphatic hydroxyl groups excluding tert-OH is 1. The molecule has 4 fully saturated rings. The average Bonchev–Trinajstić information content (AvgIpc) is 2.91. The number of fused-ring (bicyclic) bond motifs is 5. The predicted molar refractivity (Wildman–Crippen MR) is 103 cm³/mol. The molecule has 4 saturated carbocycles. The van der Waals surface area contributed by atoms with Gasteiger partial charge < -0.3 is 9.84 Å². The highest BCUT2D eigenvalue weighted by Crippen LogP contribution is 2.66. The van der Waals surface area contributed by atoms with Crippen molar-refractivity contribution >= 4 is 11.8 Å². The van der Waals surface area contributed by atoms with Crippen molar-refractivity contribution in [2.45, 2.75) is 91.3 Å². The molecule has 1 unspecified atom stereocenters.